The van der Waals surface area contributed by atoms with E-state index in [4.69, 9.17) is 0 Å². The summed E-state index contributed by atoms with van der Waals surface area (Å²) < 4.78 is 2.24. The van der Waals surface area contributed by atoms with Crippen LogP contribution in [0.2, 0.25) is 0 Å². The number of aromatic nitrogens is 2. The zero-order valence-electron chi connectivity index (χ0n) is 15.8. The van der Waals surface area contributed by atoms with E-state index in [9.17, 15) is 0 Å². The predicted molar refractivity (Wildman–Crippen MR) is 108 cm³/mol. The van der Waals surface area contributed by atoms with Gasteiger partial charge in [0.05, 0.1) is 6.33 Å². The molecule has 1 fully saturated rings. The van der Waals surface area contributed by atoms with Gasteiger partial charge in [-0.15, -0.1) is 0 Å². The number of thioether (sulfide) groups is 1. The Labute approximate surface area is 154 Å². The number of unbranched alkanes of at least 4 members (excludes halogenated alkanes) is 3. The molecule has 1 saturated carbocycles. The third-order valence-electron chi connectivity index (χ3n) is 5.48. The van der Waals surface area contributed by atoms with E-state index in [0.29, 0.717) is 0 Å². The van der Waals surface area contributed by atoms with Crippen LogP contribution in [0.1, 0.15) is 90.4 Å². The van der Waals surface area contributed by atoms with E-state index in [-0.39, 0.29) is 0 Å². The van der Waals surface area contributed by atoms with Crippen LogP contribution in [0.5, 0.6) is 0 Å². The highest BCUT2D eigenvalue weighted by molar-refractivity contribution is 7.99. The van der Waals surface area contributed by atoms with Gasteiger partial charge in [-0.1, -0.05) is 71.1 Å². The summed E-state index contributed by atoms with van der Waals surface area (Å²) in [6.07, 6.45) is 24.7. The Kier molecular flexibility index (Phi) is 10.6. The van der Waals surface area contributed by atoms with Crippen LogP contribution in [0, 0.1) is 5.92 Å². The van der Waals surface area contributed by atoms with Crippen LogP contribution < -0.4 is 0 Å². The van der Waals surface area contributed by atoms with Crippen LogP contribution in [0.3, 0.4) is 0 Å². The Morgan fingerprint density at radius 2 is 1.96 bits per heavy atom. The van der Waals surface area contributed by atoms with Crippen molar-refractivity contribution in [2.75, 3.05) is 5.75 Å². The van der Waals surface area contributed by atoms with Crippen LogP contribution in [-0.4, -0.2) is 20.6 Å². The van der Waals surface area contributed by atoms with E-state index in [2.05, 4.69) is 34.4 Å². The maximum atomic E-state index is 4.18. The molecule has 24 heavy (non-hydrogen) atoms. The summed E-state index contributed by atoms with van der Waals surface area (Å²) in [4.78, 5) is 4.18. The zero-order chi connectivity index (χ0) is 16.9. The number of imidazole rings is 1. The molecule has 1 unspecified atom stereocenters. The molecule has 0 saturated heterocycles. The number of aryl methyl sites for hydroxylation is 1. The van der Waals surface area contributed by atoms with E-state index in [1.54, 1.807) is 0 Å². The standard InChI is InChI=1S/C21H38N2S/c1-2-3-4-8-18-24-21(14-16-23-17-15-22-19-23)13-9-12-20-10-6-5-7-11-20/h15,17,19-21H,2-14,16,18H2,1H3. The topological polar surface area (TPSA) is 17.8 Å². The molecule has 3 heteroatoms. The Hall–Kier alpha value is -0.440. The van der Waals surface area contributed by atoms with Crippen molar-refractivity contribution in [2.24, 2.45) is 5.92 Å². The minimum absolute atomic E-state index is 0.845. The average Bonchev–Trinajstić information content (AvgIpc) is 3.13. The van der Waals surface area contributed by atoms with Gasteiger partial charge in [0.15, 0.2) is 0 Å². The van der Waals surface area contributed by atoms with Gasteiger partial charge >= 0.3 is 0 Å². The lowest BCUT2D eigenvalue weighted by molar-refractivity contribution is 0.328. The lowest BCUT2D eigenvalue weighted by Gasteiger charge is -2.23. The highest BCUT2D eigenvalue weighted by Crippen LogP contribution is 2.30. The minimum atomic E-state index is 0.845. The molecule has 138 valence electrons. The van der Waals surface area contributed by atoms with Crippen molar-refractivity contribution in [3.8, 4) is 0 Å². The molecule has 0 spiro atoms. The molecule has 1 aliphatic carbocycles. The maximum Gasteiger partial charge on any atom is 0.0945 e. The molecule has 0 bridgehead atoms. The second-order valence-corrected chi connectivity index (χ2v) is 8.99. The van der Waals surface area contributed by atoms with E-state index in [1.165, 1.54) is 89.2 Å². The second-order valence-electron chi connectivity index (χ2n) is 7.58. The van der Waals surface area contributed by atoms with Crippen molar-refractivity contribution in [1.82, 2.24) is 9.55 Å². The maximum absolute atomic E-state index is 4.18. The monoisotopic (exact) mass is 350 g/mol. The third kappa shape index (κ3) is 8.60. The Bertz CT molecular complexity index is 385. The molecule has 0 aromatic carbocycles. The first-order chi connectivity index (χ1) is 11.9. The molecule has 1 atom stereocenters. The van der Waals surface area contributed by atoms with Gasteiger partial charge in [-0.25, -0.2) is 4.98 Å². The fraction of sp³-hybridized carbons (Fsp3) is 0.857. The Morgan fingerprint density at radius 1 is 1.08 bits per heavy atom. The number of rotatable bonds is 13. The average molecular weight is 351 g/mol. The van der Waals surface area contributed by atoms with Gasteiger partial charge in [0, 0.05) is 24.2 Å². The van der Waals surface area contributed by atoms with E-state index < -0.39 is 0 Å². The van der Waals surface area contributed by atoms with Gasteiger partial charge < -0.3 is 4.57 Å². The van der Waals surface area contributed by atoms with Crippen molar-refractivity contribution in [3.63, 3.8) is 0 Å². The van der Waals surface area contributed by atoms with Crippen LogP contribution in [0.15, 0.2) is 18.7 Å². The second kappa shape index (κ2) is 12.9. The van der Waals surface area contributed by atoms with Gasteiger partial charge in [-0.05, 0) is 30.9 Å². The van der Waals surface area contributed by atoms with Crippen LogP contribution >= 0.6 is 11.8 Å². The van der Waals surface area contributed by atoms with E-state index in [0.717, 1.165) is 17.7 Å². The molecular weight excluding hydrogens is 312 g/mol. The first kappa shape index (κ1) is 19.9. The quantitative estimate of drug-likeness (QED) is 0.368. The van der Waals surface area contributed by atoms with Gasteiger partial charge in [-0.2, -0.15) is 11.8 Å². The van der Waals surface area contributed by atoms with Crippen molar-refractivity contribution < 1.29 is 0 Å². The third-order valence-corrected chi connectivity index (χ3v) is 6.95. The summed E-state index contributed by atoms with van der Waals surface area (Å²) in [7, 11) is 0. The molecule has 0 radical (unpaired) electrons. The molecule has 1 aromatic rings. The molecule has 1 heterocycles. The summed E-state index contributed by atoms with van der Waals surface area (Å²) in [5, 5.41) is 0.845. The van der Waals surface area contributed by atoms with Gasteiger partial charge in [-0.3, -0.25) is 0 Å². The summed E-state index contributed by atoms with van der Waals surface area (Å²) >= 11 is 2.25. The van der Waals surface area contributed by atoms with E-state index in [1.807, 2.05) is 12.5 Å². The van der Waals surface area contributed by atoms with Crippen molar-refractivity contribution in [3.05, 3.63) is 18.7 Å². The molecule has 0 aliphatic heterocycles. The Morgan fingerprint density at radius 3 is 2.71 bits per heavy atom. The molecule has 0 amide bonds. The Balaban J connectivity index is 1.64. The first-order valence-electron chi connectivity index (χ1n) is 10.5. The zero-order valence-corrected chi connectivity index (χ0v) is 16.6. The fourth-order valence-electron chi connectivity index (χ4n) is 3.91. The lowest BCUT2D eigenvalue weighted by atomic mass is 9.85. The van der Waals surface area contributed by atoms with Gasteiger partial charge in [0.2, 0.25) is 0 Å². The van der Waals surface area contributed by atoms with Crippen LogP contribution in [0.25, 0.3) is 0 Å². The number of hydrogen-bond donors (Lipinski definition) is 0. The SMILES string of the molecule is CCCCCCSC(CCCC1CCCCC1)CCn1ccnc1. The number of nitrogens with zero attached hydrogens (tertiary/aromatic N) is 2. The minimum Gasteiger partial charge on any atom is -0.337 e. The molecular formula is C21H38N2S. The fourth-order valence-corrected chi connectivity index (χ4v) is 5.22. The van der Waals surface area contributed by atoms with Gasteiger partial charge in [0.1, 0.15) is 0 Å². The smallest absolute Gasteiger partial charge is 0.0945 e. The highest BCUT2D eigenvalue weighted by atomic mass is 32.2. The largest absolute Gasteiger partial charge is 0.337 e. The molecule has 0 N–H and O–H groups in total. The summed E-state index contributed by atoms with van der Waals surface area (Å²) in [5.74, 6) is 2.40. The van der Waals surface area contributed by atoms with E-state index >= 15 is 0 Å². The molecule has 1 aromatic heterocycles. The van der Waals surface area contributed by atoms with Crippen molar-refractivity contribution in [2.45, 2.75) is 102 Å². The van der Waals surface area contributed by atoms with Crippen molar-refractivity contribution in [1.29, 1.82) is 0 Å². The van der Waals surface area contributed by atoms with Crippen LogP contribution in [0.4, 0.5) is 0 Å². The van der Waals surface area contributed by atoms with Crippen LogP contribution in [-0.2, 0) is 6.54 Å². The first-order valence-corrected chi connectivity index (χ1v) is 11.5. The summed E-state index contributed by atoms with van der Waals surface area (Å²) in [6.45, 7) is 3.43. The predicted octanol–water partition coefficient (Wildman–Crippen LogP) is 6.71. The normalized spacial score (nSPS) is 17.2. The lowest BCUT2D eigenvalue weighted by Crippen LogP contribution is -2.11. The highest BCUT2D eigenvalue weighted by Gasteiger charge is 2.15. The molecule has 1 aliphatic rings. The molecule has 2 nitrogen and oxygen atoms in total. The summed E-state index contributed by atoms with van der Waals surface area (Å²) in [6, 6.07) is 0. The van der Waals surface area contributed by atoms with Crippen molar-refractivity contribution >= 4 is 11.8 Å². The summed E-state index contributed by atoms with van der Waals surface area (Å²) in [5.41, 5.74) is 0. The molecule has 2 rings (SSSR count). The number of hydrogen-bond acceptors (Lipinski definition) is 2. The van der Waals surface area contributed by atoms with Gasteiger partial charge in [0.25, 0.3) is 0 Å².